The number of alkyl halides is 3. The minimum absolute atomic E-state index is 0.0273. The van der Waals surface area contributed by atoms with Gasteiger partial charge in [0.25, 0.3) is 0 Å². The number of amides is 1. The van der Waals surface area contributed by atoms with Gasteiger partial charge in [0.1, 0.15) is 23.7 Å². The molecule has 1 fully saturated rings. The molecule has 1 aliphatic heterocycles. The number of nitrogens with zero attached hydrogens (tertiary/aromatic N) is 1. The molecule has 8 nitrogen and oxygen atoms in total. The molecule has 184 valence electrons. The highest BCUT2D eigenvalue weighted by atomic mass is 35.5. The molecule has 2 aromatic carbocycles. The van der Waals surface area contributed by atoms with Crippen molar-refractivity contribution < 1.29 is 41.8 Å². The molecule has 1 aromatic heterocycles. The Morgan fingerprint density at radius 1 is 1.20 bits per heavy atom. The number of para-hydroxylation sites is 1. The van der Waals surface area contributed by atoms with Crippen molar-refractivity contribution >= 4 is 34.4 Å². The smallest absolute Gasteiger partial charge is 0.416 e. The fraction of sp³-hybridized carbons (Fsp3) is 0.261. The number of rotatable bonds is 5. The predicted octanol–water partition coefficient (Wildman–Crippen LogP) is 3.82. The highest BCUT2D eigenvalue weighted by Gasteiger charge is 2.47. The van der Waals surface area contributed by atoms with Gasteiger partial charge < -0.3 is 23.9 Å². The third kappa shape index (κ3) is 4.56. The molecule has 0 spiro atoms. The highest BCUT2D eigenvalue weighted by molar-refractivity contribution is 6.34. The van der Waals surface area contributed by atoms with Crippen LogP contribution in [0.1, 0.15) is 5.56 Å². The number of fused-ring (bicyclic) bond motifs is 1. The number of carboxylic acid groups (broad SMARTS) is 1. The Bertz CT molecular complexity index is 1380. The van der Waals surface area contributed by atoms with Crippen molar-refractivity contribution in [1.29, 1.82) is 0 Å². The minimum Gasteiger partial charge on any atom is -0.490 e. The van der Waals surface area contributed by atoms with Crippen molar-refractivity contribution in [2.45, 2.75) is 11.7 Å². The summed E-state index contributed by atoms with van der Waals surface area (Å²) in [4.78, 5) is 36.6. The van der Waals surface area contributed by atoms with Crippen LogP contribution < -0.4 is 10.2 Å². The first-order valence-electron chi connectivity index (χ1n) is 10.1. The maximum atomic E-state index is 13.4. The van der Waals surface area contributed by atoms with Crippen molar-refractivity contribution in [2.75, 3.05) is 26.9 Å². The van der Waals surface area contributed by atoms with E-state index in [-0.39, 0.29) is 52.9 Å². The van der Waals surface area contributed by atoms with Crippen LogP contribution >= 0.6 is 11.6 Å². The first-order valence-corrected chi connectivity index (χ1v) is 10.5. The third-order valence-electron chi connectivity index (χ3n) is 5.72. The number of hydrogen-bond acceptors (Lipinski definition) is 6. The summed E-state index contributed by atoms with van der Waals surface area (Å²) in [6.07, 6.45) is -4.70. The average molecular weight is 512 g/mol. The summed E-state index contributed by atoms with van der Waals surface area (Å²) in [6, 6.07) is 8.29. The van der Waals surface area contributed by atoms with Crippen molar-refractivity contribution in [1.82, 2.24) is 4.90 Å². The normalized spacial score (nSPS) is 14.9. The molecule has 1 saturated heterocycles. The van der Waals surface area contributed by atoms with Crippen molar-refractivity contribution in [2.24, 2.45) is 0 Å². The van der Waals surface area contributed by atoms with Crippen LogP contribution in [0.15, 0.2) is 51.7 Å². The molecule has 0 bridgehead atoms. The topological polar surface area (TPSA) is 106 Å². The summed E-state index contributed by atoms with van der Waals surface area (Å²) in [6.45, 7) is -0.551. The van der Waals surface area contributed by atoms with Crippen molar-refractivity contribution in [3.05, 3.63) is 63.3 Å². The van der Waals surface area contributed by atoms with Crippen LogP contribution in [0, 0.1) is 0 Å². The van der Waals surface area contributed by atoms with Crippen LogP contribution in [0.25, 0.3) is 22.3 Å². The van der Waals surface area contributed by atoms with Gasteiger partial charge in [0, 0.05) is 13.1 Å². The molecule has 0 saturated carbocycles. The van der Waals surface area contributed by atoms with Gasteiger partial charge in [-0.3, -0.25) is 9.59 Å². The maximum Gasteiger partial charge on any atom is 0.416 e. The molecule has 3 aromatic rings. The molecule has 1 N–H and O–H groups in total. The Labute approximate surface area is 200 Å². The number of carbonyl (C=O) groups excluding carboxylic acids is 1. The standard InChI is InChI=1S/C23H17ClF3NO7/c1-28(20(30)21(31)32)22(9-33-10-22)11-34-17-7-12(23(25,26)27)5-6-14(17)18-8-16(29)13-3-2-4-15(24)19(13)35-18/h2-8H,9-11H2,1H3,(H,31,32). The monoisotopic (exact) mass is 511 g/mol. The fourth-order valence-electron chi connectivity index (χ4n) is 3.58. The second-order valence-electron chi connectivity index (χ2n) is 7.98. The third-order valence-corrected chi connectivity index (χ3v) is 6.02. The number of carbonyl (C=O) groups is 2. The molecule has 1 amide bonds. The lowest BCUT2D eigenvalue weighted by molar-refractivity contribution is -0.178. The molecule has 0 radical (unpaired) electrons. The lowest BCUT2D eigenvalue weighted by Crippen LogP contribution is -2.66. The van der Waals surface area contributed by atoms with E-state index in [1.807, 2.05) is 0 Å². The predicted molar refractivity (Wildman–Crippen MR) is 117 cm³/mol. The second-order valence-corrected chi connectivity index (χ2v) is 8.38. The number of hydrogen-bond donors (Lipinski definition) is 1. The molecule has 2 heterocycles. The van der Waals surface area contributed by atoms with Crippen molar-refractivity contribution in [3.8, 4) is 17.1 Å². The van der Waals surface area contributed by atoms with Crippen LogP contribution in [0.4, 0.5) is 13.2 Å². The van der Waals surface area contributed by atoms with Crippen molar-refractivity contribution in [3.63, 3.8) is 0 Å². The zero-order valence-electron chi connectivity index (χ0n) is 18.0. The van der Waals surface area contributed by atoms with Gasteiger partial charge in [0.05, 0.1) is 34.7 Å². The largest absolute Gasteiger partial charge is 0.490 e. The van der Waals surface area contributed by atoms with E-state index in [2.05, 4.69) is 0 Å². The zero-order valence-corrected chi connectivity index (χ0v) is 18.8. The zero-order chi connectivity index (χ0) is 25.5. The van der Waals surface area contributed by atoms with Crippen LogP contribution in [-0.2, 0) is 20.5 Å². The van der Waals surface area contributed by atoms with E-state index in [1.54, 1.807) is 6.07 Å². The molecular weight excluding hydrogens is 495 g/mol. The number of aliphatic carboxylic acids is 1. The van der Waals surface area contributed by atoms with Gasteiger partial charge in [-0.25, -0.2) is 4.79 Å². The van der Waals surface area contributed by atoms with Gasteiger partial charge in [0.2, 0.25) is 0 Å². The number of ether oxygens (including phenoxy) is 2. The van der Waals surface area contributed by atoms with Crippen LogP contribution in [-0.4, -0.2) is 54.3 Å². The lowest BCUT2D eigenvalue weighted by Gasteiger charge is -2.46. The number of likely N-dealkylation sites (N-methyl/N-ethyl adjacent to an activating group) is 1. The number of halogens is 4. The summed E-state index contributed by atoms with van der Waals surface area (Å²) in [5, 5.41) is 9.35. The lowest BCUT2D eigenvalue weighted by atomic mass is 9.96. The molecule has 0 atom stereocenters. The maximum absolute atomic E-state index is 13.4. The second kappa shape index (κ2) is 8.90. The van der Waals surface area contributed by atoms with Gasteiger partial charge in [-0.1, -0.05) is 17.7 Å². The molecule has 35 heavy (non-hydrogen) atoms. The van der Waals surface area contributed by atoms with E-state index in [9.17, 15) is 27.6 Å². The Morgan fingerprint density at radius 2 is 1.91 bits per heavy atom. The van der Waals surface area contributed by atoms with E-state index in [1.165, 1.54) is 19.2 Å². The average Bonchev–Trinajstić information content (AvgIpc) is 2.77. The molecule has 0 aliphatic carbocycles. The van der Waals surface area contributed by atoms with E-state index < -0.39 is 34.6 Å². The Hall–Kier alpha value is -3.57. The molecule has 1 aliphatic rings. The summed E-state index contributed by atoms with van der Waals surface area (Å²) >= 11 is 6.14. The van der Waals surface area contributed by atoms with E-state index in [0.29, 0.717) is 0 Å². The Kier molecular flexibility index (Phi) is 6.24. The molecule has 4 rings (SSSR count). The first-order chi connectivity index (χ1) is 16.4. The summed E-state index contributed by atoms with van der Waals surface area (Å²) in [5.74, 6) is -3.31. The van der Waals surface area contributed by atoms with E-state index in [4.69, 9.17) is 30.6 Å². The minimum atomic E-state index is -4.70. The SMILES string of the molecule is CN(C(=O)C(=O)O)C1(COc2cc(C(F)(F)F)ccc2-c2cc(=O)c3cccc(Cl)c3o2)COC1. The van der Waals surface area contributed by atoms with Crippen LogP contribution in [0.2, 0.25) is 5.02 Å². The quantitative estimate of drug-likeness (QED) is 0.519. The first kappa shape index (κ1) is 24.6. The summed E-state index contributed by atoms with van der Waals surface area (Å²) in [5.41, 5.74) is -2.62. The summed E-state index contributed by atoms with van der Waals surface area (Å²) in [7, 11) is 1.24. The Balaban J connectivity index is 1.77. The van der Waals surface area contributed by atoms with Gasteiger partial charge in [0.15, 0.2) is 11.0 Å². The van der Waals surface area contributed by atoms with Gasteiger partial charge in [-0.2, -0.15) is 13.2 Å². The summed E-state index contributed by atoms with van der Waals surface area (Å²) < 4.78 is 56.8. The van der Waals surface area contributed by atoms with E-state index >= 15 is 0 Å². The van der Waals surface area contributed by atoms with Gasteiger partial charge >= 0.3 is 18.1 Å². The van der Waals surface area contributed by atoms with Crippen LogP contribution in [0.5, 0.6) is 5.75 Å². The Morgan fingerprint density at radius 3 is 2.51 bits per heavy atom. The number of benzene rings is 2. The molecule has 0 unspecified atom stereocenters. The fourth-order valence-corrected chi connectivity index (χ4v) is 3.79. The van der Waals surface area contributed by atoms with Gasteiger partial charge in [-0.15, -0.1) is 0 Å². The number of carboxylic acids is 1. The molecular formula is C23H17ClF3NO7. The highest BCUT2D eigenvalue weighted by Crippen LogP contribution is 2.39. The van der Waals surface area contributed by atoms with Crippen LogP contribution in [0.3, 0.4) is 0 Å². The van der Waals surface area contributed by atoms with E-state index in [0.717, 1.165) is 29.2 Å². The van der Waals surface area contributed by atoms with Gasteiger partial charge in [-0.05, 0) is 30.3 Å². The molecule has 12 heteroatoms.